The molecule has 1 atom stereocenters. The highest BCUT2D eigenvalue weighted by molar-refractivity contribution is 5.81. The van der Waals surface area contributed by atoms with E-state index in [1.807, 2.05) is 66.9 Å². The maximum absolute atomic E-state index is 13.1. The minimum atomic E-state index is -0.395. The van der Waals surface area contributed by atoms with Crippen LogP contribution in [0.25, 0.3) is 5.57 Å². The standard InChI is InChI=1S/C33H36N3O6/c1-23(37)36(20-25-8-4-7-11-31(25)40-2)21-27(18-26-19-34-30-10-6-5-9-29(26)30)35-32(38)22-42-28-15-12-24(13-16-28)14-17-33(39)41-3/h4-13,15-16,19,27H,14,17-18,20-22H2,1-3H3,(H,35,38). The van der Waals surface area contributed by atoms with Crippen LogP contribution >= 0.6 is 0 Å². The fourth-order valence-corrected chi connectivity index (χ4v) is 4.79. The number of para-hydroxylation sites is 2. The van der Waals surface area contributed by atoms with Crippen LogP contribution in [0.1, 0.15) is 36.5 Å². The van der Waals surface area contributed by atoms with Gasteiger partial charge in [0.05, 0.1) is 25.9 Å². The lowest BCUT2D eigenvalue weighted by atomic mass is 9.99. The molecule has 0 saturated heterocycles. The summed E-state index contributed by atoms with van der Waals surface area (Å²) in [5.41, 5.74) is 4.72. The van der Waals surface area contributed by atoms with E-state index in [1.54, 1.807) is 24.1 Å². The van der Waals surface area contributed by atoms with Crippen molar-refractivity contribution in [1.29, 1.82) is 0 Å². The SMILES string of the molecule is COC(=O)CCc1ccc(OCC(=O)NC(CC2=C[N]c3ccccc32)CN(Cc2ccccc2OC)C(C)=O)cc1. The van der Waals surface area contributed by atoms with Crippen LogP contribution in [0.15, 0.2) is 79.0 Å². The molecule has 3 aromatic rings. The molecule has 1 N–H and O–H groups in total. The molecule has 1 heterocycles. The molecule has 0 saturated carbocycles. The van der Waals surface area contributed by atoms with E-state index in [-0.39, 0.29) is 30.9 Å². The fourth-order valence-electron chi connectivity index (χ4n) is 4.79. The van der Waals surface area contributed by atoms with Gasteiger partial charge in [-0.2, -0.15) is 0 Å². The van der Waals surface area contributed by atoms with Crippen LogP contribution in [0.2, 0.25) is 0 Å². The molecule has 4 rings (SSSR count). The summed E-state index contributed by atoms with van der Waals surface area (Å²) in [5.74, 6) is 0.545. The average Bonchev–Trinajstić information content (AvgIpc) is 3.41. The maximum atomic E-state index is 13.1. The summed E-state index contributed by atoms with van der Waals surface area (Å²) in [7, 11) is 2.97. The number of hydrogen-bond donors (Lipinski definition) is 1. The van der Waals surface area contributed by atoms with E-state index in [9.17, 15) is 14.4 Å². The molecule has 0 fully saturated rings. The highest BCUT2D eigenvalue weighted by Crippen LogP contribution is 2.33. The second-order valence-corrected chi connectivity index (χ2v) is 9.99. The fraction of sp³-hybridized carbons (Fsp3) is 0.303. The molecule has 1 aliphatic rings. The van der Waals surface area contributed by atoms with Crippen LogP contribution in [0.3, 0.4) is 0 Å². The summed E-state index contributed by atoms with van der Waals surface area (Å²) in [4.78, 5) is 38.9. The summed E-state index contributed by atoms with van der Waals surface area (Å²) in [6.45, 7) is 1.95. The van der Waals surface area contributed by atoms with Crippen molar-refractivity contribution < 1.29 is 28.6 Å². The van der Waals surface area contributed by atoms with Gasteiger partial charge in [0.25, 0.3) is 5.91 Å². The van der Waals surface area contributed by atoms with Gasteiger partial charge in [0.15, 0.2) is 6.61 Å². The van der Waals surface area contributed by atoms with E-state index in [4.69, 9.17) is 9.47 Å². The molecule has 0 aromatic heterocycles. The predicted octanol–water partition coefficient (Wildman–Crippen LogP) is 4.39. The zero-order valence-corrected chi connectivity index (χ0v) is 24.2. The highest BCUT2D eigenvalue weighted by atomic mass is 16.5. The molecule has 0 aliphatic carbocycles. The number of carbonyl (C=O) groups is 3. The Balaban J connectivity index is 1.43. The number of fused-ring (bicyclic) bond motifs is 1. The molecule has 1 radical (unpaired) electrons. The number of ether oxygens (including phenoxy) is 3. The molecule has 1 aliphatic heterocycles. The Hall–Kier alpha value is -4.79. The first-order valence-electron chi connectivity index (χ1n) is 13.8. The Morgan fingerprint density at radius 3 is 2.43 bits per heavy atom. The molecular weight excluding hydrogens is 534 g/mol. The lowest BCUT2D eigenvalue weighted by Crippen LogP contribution is -2.46. The minimum Gasteiger partial charge on any atom is -0.496 e. The average molecular weight is 571 g/mol. The van der Waals surface area contributed by atoms with Gasteiger partial charge in [-0.05, 0) is 48.2 Å². The van der Waals surface area contributed by atoms with E-state index in [0.717, 1.165) is 28.0 Å². The summed E-state index contributed by atoms with van der Waals surface area (Å²) in [6, 6.07) is 22.3. The monoisotopic (exact) mass is 570 g/mol. The first-order valence-corrected chi connectivity index (χ1v) is 13.8. The lowest BCUT2D eigenvalue weighted by Gasteiger charge is -2.28. The topological polar surface area (TPSA) is 108 Å². The van der Waals surface area contributed by atoms with Gasteiger partial charge >= 0.3 is 5.97 Å². The minimum absolute atomic E-state index is 0.116. The smallest absolute Gasteiger partial charge is 0.305 e. The molecule has 1 unspecified atom stereocenters. The molecule has 3 aromatic carbocycles. The van der Waals surface area contributed by atoms with Gasteiger partial charge in [0.1, 0.15) is 11.5 Å². The first-order chi connectivity index (χ1) is 20.4. The van der Waals surface area contributed by atoms with Crippen molar-refractivity contribution in [2.75, 3.05) is 27.4 Å². The maximum Gasteiger partial charge on any atom is 0.305 e. The van der Waals surface area contributed by atoms with E-state index >= 15 is 0 Å². The largest absolute Gasteiger partial charge is 0.496 e. The molecule has 2 amide bonds. The molecule has 42 heavy (non-hydrogen) atoms. The second-order valence-electron chi connectivity index (χ2n) is 9.99. The molecule has 0 spiro atoms. The Morgan fingerprint density at radius 1 is 0.952 bits per heavy atom. The first kappa shape index (κ1) is 30.2. The van der Waals surface area contributed by atoms with Crippen molar-refractivity contribution in [2.45, 2.75) is 38.8 Å². The van der Waals surface area contributed by atoms with Crippen molar-refractivity contribution in [3.8, 4) is 11.5 Å². The number of nitrogens with zero attached hydrogens (tertiary/aromatic N) is 2. The van der Waals surface area contributed by atoms with Crippen LogP contribution in [0, 0.1) is 0 Å². The zero-order valence-electron chi connectivity index (χ0n) is 24.2. The van der Waals surface area contributed by atoms with Crippen molar-refractivity contribution >= 4 is 29.0 Å². The van der Waals surface area contributed by atoms with Gasteiger partial charge in [0.2, 0.25) is 5.91 Å². The quantitative estimate of drug-likeness (QED) is 0.288. The second kappa shape index (κ2) is 14.7. The summed E-state index contributed by atoms with van der Waals surface area (Å²) < 4.78 is 15.9. The number of methoxy groups -OCH3 is 2. The normalized spacial score (nSPS) is 12.3. The van der Waals surface area contributed by atoms with Gasteiger partial charge in [-0.25, -0.2) is 0 Å². The number of benzene rings is 3. The van der Waals surface area contributed by atoms with Gasteiger partial charge in [-0.15, -0.1) is 0 Å². The Morgan fingerprint density at radius 2 is 1.69 bits per heavy atom. The molecule has 0 bridgehead atoms. The third kappa shape index (κ3) is 8.36. The summed E-state index contributed by atoms with van der Waals surface area (Å²) >= 11 is 0. The van der Waals surface area contributed by atoms with Crippen molar-refractivity contribution in [3.63, 3.8) is 0 Å². The highest BCUT2D eigenvalue weighted by Gasteiger charge is 2.24. The number of carbonyl (C=O) groups excluding carboxylic acids is 3. The van der Waals surface area contributed by atoms with Crippen LogP contribution < -0.4 is 20.1 Å². The van der Waals surface area contributed by atoms with E-state index in [2.05, 4.69) is 15.4 Å². The molecule has 9 heteroatoms. The number of hydrogen-bond acceptors (Lipinski definition) is 6. The Labute approximate surface area is 246 Å². The van der Waals surface area contributed by atoms with Crippen LogP contribution in [0.5, 0.6) is 11.5 Å². The van der Waals surface area contributed by atoms with Crippen molar-refractivity contribution in [3.05, 3.63) is 95.7 Å². The molecule has 219 valence electrons. The Kier molecular flexibility index (Phi) is 10.6. The van der Waals surface area contributed by atoms with Gasteiger partial charge in [-0.3, -0.25) is 19.7 Å². The van der Waals surface area contributed by atoms with E-state index in [1.165, 1.54) is 14.0 Å². The Bertz CT molecular complexity index is 1420. The summed E-state index contributed by atoms with van der Waals surface area (Å²) in [6.07, 6.45) is 3.15. The number of nitrogens with one attached hydrogen (secondary N) is 1. The molecular formula is C33H36N3O6. The van der Waals surface area contributed by atoms with Crippen LogP contribution in [-0.2, 0) is 32.1 Å². The van der Waals surface area contributed by atoms with Gasteiger partial charge in [0, 0.05) is 43.8 Å². The van der Waals surface area contributed by atoms with Crippen molar-refractivity contribution in [2.24, 2.45) is 0 Å². The van der Waals surface area contributed by atoms with E-state index in [0.29, 0.717) is 37.3 Å². The van der Waals surface area contributed by atoms with Gasteiger partial charge in [-0.1, -0.05) is 48.5 Å². The number of amides is 2. The third-order valence-electron chi connectivity index (χ3n) is 7.02. The number of rotatable bonds is 14. The molecule has 9 nitrogen and oxygen atoms in total. The predicted molar refractivity (Wildman–Crippen MR) is 159 cm³/mol. The van der Waals surface area contributed by atoms with Crippen LogP contribution in [-0.4, -0.2) is 56.1 Å². The van der Waals surface area contributed by atoms with Gasteiger partial charge < -0.3 is 24.4 Å². The zero-order chi connectivity index (χ0) is 29.9. The third-order valence-corrected chi connectivity index (χ3v) is 7.02. The number of esters is 1. The van der Waals surface area contributed by atoms with E-state index < -0.39 is 6.04 Å². The van der Waals surface area contributed by atoms with Crippen LogP contribution in [0.4, 0.5) is 5.69 Å². The van der Waals surface area contributed by atoms with Crippen molar-refractivity contribution in [1.82, 2.24) is 15.5 Å². The number of aryl methyl sites for hydroxylation is 1. The summed E-state index contributed by atoms with van der Waals surface area (Å²) in [5, 5.41) is 7.58. The lowest BCUT2D eigenvalue weighted by molar-refractivity contribution is -0.140.